The van der Waals surface area contributed by atoms with Gasteiger partial charge >= 0.3 is 6.18 Å². The summed E-state index contributed by atoms with van der Waals surface area (Å²) in [7, 11) is 0. The van der Waals surface area contributed by atoms with Crippen LogP contribution in [0.2, 0.25) is 0 Å². The lowest BCUT2D eigenvalue weighted by Gasteiger charge is -2.19. The van der Waals surface area contributed by atoms with Gasteiger partial charge < -0.3 is 14.8 Å². The van der Waals surface area contributed by atoms with Crippen molar-refractivity contribution in [1.82, 2.24) is 4.98 Å². The number of carbonyl (C=O) groups is 2. The summed E-state index contributed by atoms with van der Waals surface area (Å²) in [6.45, 7) is 0. The maximum atomic E-state index is 12.7. The molecule has 2 aromatic carbocycles. The van der Waals surface area contributed by atoms with Gasteiger partial charge in [0.15, 0.2) is 0 Å². The Hall–Kier alpha value is -3.88. The predicted octanol–water partition coefficient (Wildman–Crippen LogP) is 5.45. The average Bonchev–Trinajstić information content (AvgIpc) is 3.34. The Bertz CT molecular complexity index is 1370. The summed E-state index contributed by atoms with van der Waals surface area (Å²) in [5.41, 5.74) is 1.68. The highest BCUT2D eigenvalue weighted by Crippen LogP contribution is 2.60. The molecule has 3 aromatic rings. The fraction of sp³-hybridized carbons (Fsp3) is 0.296. The molecule has 0 unspecified atom stereocenters. The number of hydrogen-bond acceptors (Lipinski definition) is 5. The first-order valence-electron chi connectivity index (χ1n) is 11.7. The standard InChI is InChI=1S/C27H21F3N2O4/c28-27(29,30)15-3-1-14(2-4-15)11-16(33)12-20-24-19-13-17(5-7-21(19)36-25(20)24)35-22-9-10-31-26-18(22)6-8-23(34)32-26/h1-5,7,9-10,13,20,24-25H,6,8,11-12H2,(H,31,32,34)/t20-,24-,25+/m0/s1. The molecule has 184 valence electrons. The first kappa shape index (κ1) is 22.6. The number of pyridine rings is 1. The van der Waals surface area contributed by atoms with E-state index in [-0.39, 0.29) is 36.1 Å². The third-order valence-electron chi connectivity index (χ3n) is 6.95. The summed E-state index contributed by atoms with van der Waals surface area (Å²) >= 11 is 0. The predicted molar refractivity (Wildman–Crippen MR) is 123 cm³/mol. The minimum absolute atomic E-state index is 0.0304. The molecule has 3 atom stereocenters. The molecule has 9 heteroatoms. The highest BCUT2D eigenvalue weighted by molar-refractivity contribution is 5.93. The van der Waals surface area contributed by atoms with E-state index in [1.807, 2.05) is 18.2 Å². The number of nitrogens with zero attached hydrogens (tertiary/aromatic N) is 1. The van der Waals surface area contributed by atoms with Gasteiger partial charge in [-0.1, -0.05) is 12.1 Å². The SMILES string of the molecule is O=C(Cc1ccc(C(F)(F)F)cc1)C[C@@H]1[C@H]2Oc3ccc(Oc4ccnc5c4CCC(=O)N5)cc3[C@@H]12. The summed E-state index contributed by atoms with van der Waals surface area (Å²) in [5.74, 6) is 2.58. The van der Waals surface area contributed by atoms with E-state index in [2.05, 4.69) is 10.3 Å². The second-order valence-corrected chi connectivity index (χ2v) is 9.37. The first-order chi connectivity index (χ1) is 17.3. The fourth-order valence-corrected chi connectivity index (χ4v) is 5.11. The van der Waals surface area contributed by atoms with Crippen molar-refractivity contribution in [3.63, 3.8) is 0 Å². The van der Waals surface area contributed by atoms with Crippen LogP contribution in [-0.4, -0.2) is 22.8 Å². The molecule has 36 heavy (non-hydrogen) atoms. The number of halogens is 3. The highest BCUT2D eigenvalue weighted by atomic mass is 19.4. The zero-order chi connectivity index (χ0) is 25.0. The van der Waals surface area contributed by atoms with Crippen molar-refractivity contribution in [2.75, 3.05) is 5.32 Å². The van der Waals surface area contributed by atoms with Gasteiger partial charge in [0.1, 0.15) is 35.0 Å². The van der Waals surface area contributed by atoms with Crippen molar-refractivity contribution < 1.29 is 32.2 Å². The van der Waals surface area contributed by atoms with E-state index in [1.54, 1.807) is 12.3 Å². The number of ketones is 1. The lowest BCUT2D eigenvalue weighted by molar-refractivity contribution is -0.137. The number of alkyl halides is 3. The number of carbonyl (C=O) groups excluding carboxylic acids is 2. The molecule has 0 bridgehead atoms. The smallest absolute Gasteiger partial charge is 0.416 e. The van der Waals surface area contributed by atoms with Crippen molar-refractivity contribution in [3.8, 4) is 17.2 Å². The lowest BCUT2D eigenvalue weighted by atomic mass is 10.0. The van der Waals surface area contributed by atoms with E-state index in [9.17, 15) is 22.8 Å². The fourth-order valence-electron chi connectivity index (χ4n) is 5.11. The van der Waals surface area contributed by atoms with Gasteiger partial charge in [0.25, 0.3) is 0 Å². The zero-order valence-electron chi connectivity index (χ0n) is 19.0. The molecule has 1 aromatic heterocycles. The van der Waals surface area contributed by atoms with Gasteiger partial charge in [0, 0.05) is 48.4 Å². The normalized spacial score (nSPS) is 21.5. The molecule has 1 amide bonds. The Morgan fingerprint density at radius 2 is 1.92 bits per heavy atom. The summed E-state index contributed by atoms with van der Waals surface area (Å²) in [5, 5.41) is 2.76. The number of aromatic nitrogens is 1. The molecule has 3 aliphatic rings. The van der Waals surface area contributed by atoms with E-state index in [4.69, 9.17) is 9.47 Å². The van der Waals surface area contributed by atoms with Crippen LogP contribution in [0.3, 0.4) is 0 Å². The second kappa shape index (κ2) is 8.36. The van der Waals surface area contributed by atoms with Gasteiger partial charge in [0.2, 0.25) is 5.91 Å². The maximum Gasteiger partial charge on any atom is 0.416 e. The molecule has 1 N–H and O–H groups in total. The van der Waals surface area contributed by atoms with Crippen molar-refractivity contribution in [1.29, 1.82) is 0 Å². The Labute approximate surface area is 204 Å². The highest BCUT2D eigenvalue weighted by Gasteiger charge is 2.59. The number of Topliss-reactive ketones (excluding diaryl/α,β-unsaturated/α-hetero) is 1. The summed E-state index contributed by atoms with van der Waals surface area (Å²) in [6.07, 6.45) is -1.56. The molecular formula is C27H21F3N2O4. The van der Waals surface area contributed by atoms with Crippen LogP contribution in [0.15, 0.2) is 54.7 Å². The van der Waals surface area contributed by atoms with E-state index in [0.29, 0.717) is 42.1 Å². The molecule has 6 rings (SSSR count). The summed E-state index contributed by atoms with van der Waals surface area (Å²) < 4.78 is 50.4. The van der Waals surface area contributed by atoms with Gasteiger partial charge in [-0.15, -0.1) is 0 Å². The molecular weight excluding hydrogens is 473 g/mol. The molecule has 0 saturated heterocycles. The van der Waals surface area contributed by atoms with E-state index in [1.165, 1.54) is 12.1 Å². The molecule has 0 spiro atoms. The maximum absolute atomic E-state index is 12.7. The van der Waals surface area contributed by atoms with Crippen LogP contribution in [-0.2, 0) is 28.6 Å². The van der Waals surface area contributed by atoms with Crippen LogP contribution in [0.1, 0.15) is 41.0 Å². The van der Waals surface area contributed by atoms with Crippen molar-refractivity contribution >= 4 is 17.5 Å². The van der Waals surface area contributed by atoms with Crippen molar-refractivity contribution in [3.05, 3.63) is 77.0 Å². The van der Waals surface area contributed by atoms with Crippen LogP contribution in [0, 0.1) is 5.92 Å². The van der Waals surface area contributed by atoms with Gasteiger partial charge in [-0.05, 0) is 48.4 Å². The zero-order valence-corrected chi connectivity index (χ0v) is 19.0. The van der Waals surface area contributed by atoms with Crippen LogP contribution in [0.25, 0.3) is 0 Å². The average molecular weight is 494 g/mol. The van der Waals surface area contributed by atoms with E-state index >= 15 is 0 Å². The Balaban J connectivity index is 1.11. The van der Waals surface area contributed by atoms with Crippen LogP contribution >= 0.6 is 0 Å². The first-order valence-corrected chi connectivity index (χ1v) is 11.7. The monoisotopic (exact) mass is 494 g/mol. The number of fused-ring (bicyclic) bond motifs is 4. The number of benzene rings is 2. The molecule has 2 aliphatic heterocycles. The topological polar surface area (TPSA) is 77.5 Å². The molecule has 1 saturated carbocycles. The van der Waals surface area contributed by atoms with E-state index in [0.717, 1.165) is 29.0 Å². The van der Waals surface area contributed by atoms with Gasteiger partial charge in [-0.25, -0.2) is 4.98 Å². The number of ether oxygens (including phenoxy) is 2. The summed E-state index contributed by atoms with van der Waals surface area (Å²) in [4.78, 5) is 28.5. The Morgan fingerprint density at radius 3 is 2.69 bits per heavy atom. The van der Waals surface area contributed by atoms with Gasteiger partial charge in [0.05, 0.1) is 5.56 Å². The van der Waals surface area contributed by atoms with Crippen LogP contribution < -0.4 is 14.8 Å². The van der Waals surface area contributed by atoms with Crippen LogP contribution in [0.5, 0.6) is 17.2 Å². The lowest BCUT2D eigenvalue weighted by Crippen LogP contribution is -2.20. The quantitative estimate of drug-likeness (QED) is 0.493. The number of hydrogen-bond donors (Lipinski definition) is 1. The minimum atomic E-state index is -4.39. The van der Waals surface area contributed by atoms with Crippen LogP contribution in [0.4, 0.5) is 19.0 Å². The largest absolute Gasteiger partial charge is 0.489 e. The molecule has 1 fully saturated rings. The minimum Gasteiger partial charge on any atom is -0.489 e. The van der Waals surface area contributed by atoms with Crippen molar-refractivity contribution in [2.24, 2.45) is 5.92 Å². The molecule has 0 radical (unpaired) electrons. The van der Waals surface area contributed by atoms with Gasteiger partial charge in [-0.2, -0.15) is 13.2 Å². The molecule has 3 heterocycles. The number of nitrogens with one attached hydrogen (secondary N) is 1. The van der Waals surface area contributed by atoms with Crippen molar-refractivity contribution in [2.45, 2.75) is 43.9 Å². The molecule has 1 aliphatic carbocycles. The Kier molecular flexibility index (Phi) is 5.24. The number of rotatable bonds is 6. The Morgan fingerprint density at radius 1 is 1.11 bits per heavy atom. The van der Waals surface area contributed by atoms with E-state index < -0.39 is 11.7 Å². The van der Waals surface area contributed by atoms with Gasteiger partial charge in [-0.3, -0.25) is 9.59 Å². The second-order valence-electron chi connectivity index (χ2n) is 9.37. The number of anilines is 1. The molecule has 6 nitrogen and oxygen atoms in total. The third kappa shape index (κ3) is 4.19. The summed E-state index contributed by atoms with van der Waals surface area (Å²) in [6, 6.07) is 12.1. The number of amides is 1. The third-order valence-corrected chi connectivity index (χ3v) is 6.95.